The molecule has 0 unspecified atom stereocenters. The largest absolute Gasteiger partial charge is 0.496 e. The third kappa shape index (κ3) is 6.75. The lowest BCUT2D eigenvalue weighted by Gasteiger charge is -2.10. The van der Waals surface area contributed by atoms with Crippen molar-refractivity contribution in [3.8, 4) is 5.75 Å². The number of ether oxygens (including phenoxy) is 1. The normalized spacial score (nSPS) is 16.0. The molecule has 1 heterocycles. The van der Waals surface area contributed by atoms with Crippen molar-refractivity contribution in [2.45, 2.75) is 32.1 Å². The number of carbonyl (C=O) groups is 1. The van der Waals surface area contributed by atoms with E-state index in [2.05, 4.69) is 0 Å². The van der Waals surface area contributed by atoms with Gasteiger partial charge in [0.05, 0.1) is 25.7 Å². The first-order valence-electron chi connectivity index (χ1n) is 7.90. The monoisotopic (exact) mass is 388 g/mol. The molecule has 1 aliphatic heterocycles. The van der Waals surface area contributed by atoms with Crippen molar-refractivity contribution in [3.05, 3.63) is 33.9 Å². The number of nitrogens with zero attached hydrogens (tertiary/aromatic N) is 1. The Morgan fingerprint density at radius 2 is 2.20 bits per heavy atom. The van der Waals surface area contributed by atoms with Crippen LogP contribution in [0.2, 0.25) is 5.02 Å². The predicted octanol–water partition coefficient (Wildman–Crippen LogP) is 3.93. The van der Waals surface area contributed by atoms with E-state index < -0.39 is 0 Å². The zero-order valence-electron chi connectivity index (χ0n) is 13.9. The maximum Gasteiger partial charge on any atom is 0.243 e. The molecule has 25 heavy (non-hydrogen) atoms. The molecule has 7 nitrogen and oxygen atoms in total. The maximum atomic E-state index is 10.9. The number of benzene rings is 1. The van der Waals surface area contributed by atoms with Gasteiger partial charge in [0.25, 0.3) is 0 Å². The second kappa shape index (κ2) is 10.5. The highest BCUT2D eigenvalue weighted by Crippen LogP contribution is 2.34. The van der Waals surface area contributed by atoms with Crippen LogP contribution in [0.25, 0.3) is 6.08 Å². The first-order valence-corrected chi connectivity index (χ1v) is 9.02. The molecule has 0 aliphatic carbocycles. The third-order valence-electron chi connectivity index (χ3n) is 3.48. The van der Waals surface area contributed by atoms with Crippen LogP contribution < -0.4 is 10.2 Å². The van der Waals surface area contributed by atoms with E-state index >= 15 is 0 Å². The van der Waals surface area contributed by atoms with Crippen LogP contribution in [0.3, 0.4) is 0 Å². The molecular formula is C16H21ClN2O5S. The van der Waals surface area contributed by atoms with Crippen LogP contribution in [0.5, 0.6) is 5.75 Å². The van der Waals surface area contributed by atoms with Gasteiger partial charge in [-0.05, 0) is 36.3 Å². The van der Waals surface area contributed by atoms with E-state index in [4.69, 9.17) is 30.7 Å². The minimum absolute atomic E-state index is 0.331. The Labute approximate surface area is 155 Å². The van der Waals surface area contributed by atoms with Crippen LogP contribution in [0.15, 0.2) is 23.3 Å². The van der Waals surface area contributed by atoms with E-state index in [-0.39, 0.29) is 5.91 Å². The van der Waals surface area contributed by atoms with Gasteiger partial charge in [-0.2, -0.15) is 4.28 Å². The van der Waals surface area contributed by atoms with E-state index in [0.717, 1.165) is 43.3 Å². The molecule has 0 atom stereocenters. The van der Waals surface area contributed by atoms with E-state index in [1.807, 2.05) is 6.08 Å². The molecule has 2 rings (SSSR count). The van der Waals surface area contributed by atoms with Crippen molar-refractivity contribution < 1.29 is 23.9 Å². The zero-order valence-corrected chi connectivity index (χ0v) is 15.4. The summed E-state index contributed by atoms with van der Waals surface area (Å²) in [4.78, 5) is 16.5. The van der Waals surface area contributed by atoms with Gasteiger partial charge in [0.15, 0.2) is 0 Å². The van der Waals surface area contributed by atoms with Gasteiger partial charge in [0, 0.05) is 23.1 Å². The third-order valence-corrected chi connectivity index (χ3v) is 4.31. The van der Waals surface area contributed by atoms with Crippen molar-refractivity contribution in [2.75, 3.05) is 13.7 Å². The number of hydrogen-bond donors (Lipinski definition) is 2. The van der Waals surface area contributed by atoms with Crippen molar-refractivity contribution in [2.24, 2.45) is 0 Å². The van der Waals surface area contributed by atoms with E-state index in [1.54, 1.807) is 30.8 Å². The highest BCUT2D eigenvalue weighted by atomic mass is 35.5. The maximum absolute atomic E-state index is 10.9. The van der Waals surface area contributed by atoms with Crippen molar-refractivity contribution in [1.82, 2.24) is 10.7 Å². The van der Waals surface area contributed by atoms with E-state index in [9.17, 15) is 4.79 Å². The Kier molecular flexibility index (Phi) is 8.36. The number of rotatable bonds is 9. The number of hydroxylamine groups is 3. The topological polar surface area (TPSA) is 80.3 Å². The molecule has 0 bridgehead atoms. The van der Waals surface area contributed by atoms with Gasteiger partial charge >= 0.3 is 0 Å². The van der Waals surface area contributed by atoms with Crippen molar-refractivity contribution in [1.29, 1.82) is 0 Å². The summed E-state index contributed by atoms with van der Waals surface area (Å²) in [5, 5.41) is 11.0. The Morgan fingerprint density at radius 1 is 1.40 bits per heavy atom. The van der Waals surface area contributed by atoms with E-state index in [1.165, 1.54) is 5.23 Å². The van der Waals surface area contributed by atoms with Gasteiger partial charge in [0.2, 0.25) is 11.0 Å². The Bertz CT molecular complexity index is 614. The molecule has 1 aromatic carbocycles. The smallest absolute Gasteiger partial charge is 0.243 e. The second-order valence-electron chi connectivity index (χ2n) is 5.35. The fourth-order valence-corrected chi connectivity index (χ4v) is 2.95. The number of halogens is 1. The van der Waals surface area contributed by atoms with Crippen LogP contribution in [-0.4, -0.2) is 30.0 Å². The SMILES string of the molecule is COc1ccc(Cl)cc1C=C1ON(CCCCCCC(=O)NO)OS1. The number of amides is 1. The van der Waals surface area contributed by atoms with Crippen LogP contribution in [0.1, 0.15) is 37.7 Å². The average Bonchev–Trinajstić information content (AvgIpc) is 3.05. The summed E-state index contributed by atoms with van der Waals surface area (Å²) in [5.41, 5.74) is 2.43. The molecular weight excluding hydrogens is 368 g/mol. The summed E-state index contributed by atoms with van der Waals surface area (Å²) in [7, 11) is 1.60. The molecule has 1 amide bonds. The standard InChI is InChI=1S/C16H21ClN2O5S/c1-22-14-8-7-13(17)10-12(14)11-16-23-19(24-25-16)9-5-3-2-4-6-15(20)18-21/h7-8,10-11,21H,2-6,9H2,1H3,(H,18,20). The van der Waals surface area contributed by atoms with Gasteiger partial charge in [0.1, 0.15) is 5.75 Å². The number of hydrogen-bond acceptors (Lipinski definition) is 7. The first-order chi connectivity index (χ1) is 12.1. The van der Waals surface area contributed by atoms with Gasteiger partial charge in [-0.25, -0.2) is 5.48 Å². The lowest BCUT2D eigenvalue weighted by atomic mass is 10.1. The van der Waals surface area contributed by atoms with Gasteiger partial charge in [-0.3, -0.25) is 10.0 Å². The molecule has 0 saturated carbocycles. The number of carbonyl (C=O) groups excluding carboxylic acids is 1. The average molecular weight is 389 g/mol. The summed E-state index contributed by atoms with van der Waals surface area (Å²) in [5.74, 6) is 0.347. The van der Waals surface area contributed by atoms with Crippen LogP contribution >= 0.6 is 23.6 Å². The molecule has 0 aromatic heterocycles. The summed E-state index contributed by atoms with van der Waals surface area (Å²) in [6.07, 6.45) is 5.59. The quantitative estimate of drug-likeness (QED) is 0.287. The summed E-state index contributed by atoms with van der Waals surface area (Å²) >= 11 is 7.14. The highest BCUT2D eigenvalue weighted by Gasteiger charge is 2.21. The Morgan fingerprint density at radius 3 is 2.96 bits per heavy atom. The molecule has 138 valence electrons. The minimum atomic E-state index is -0.353. The lowest BCUT2D eigenvalue weighted by molar-refractivity contribution is -0.259. The fraction of sp³-hybridized carbons (Fsp3) is 0.438. The minimum Gasteiger partial charge on any atom is -0.496 e. The Balaban J connectivity index is 1.73. The molecule has 1 fully saturated rings. The molecule has 0 radical (unpaired) electrons. The molecule has 1 saturated heterocycles. The number of unbranched alkanes of at least 4 members (excludes halogenated alkanes) is 3. The molecule has 1 aliphatic rings. The zero-order chi connectivity index (χ0) is 18.1. The summed E-state index contributed by atoms with van der Waals surface area (Å²) < 4.78 is 10.7. The van der Waals surface area contributed by atoms with Crippen LogP contribution in [0, 0.1) is 0 Å². The molecule has 0 spiro atoms. The lowest BCUT2D eigenvalue weighted by Crippen LogP contribution is -2.18. The highest BCUT2D eigenvalue weighted by molar-refractivity contribution is 7.98. The second-order valence-corrected chi connectivity index (χ2v) is 6.51. The van der Waals surface area contributed by atoms with Gasteiger partial charge in [-0.15, -0.1) is 0 Å². The van der Waals surface area contributed by atoms with Crippen molar-refractivity contribution in [3.63, 3.8) is 0 Å². The number of methoxy groups -OCH3 is 1. The van der Waals surface area contributed by atoms with Gasteiger partial charge in [-0.1, -0.05) is 24.4 Å². The van der Waals surface area contributed by atoms with E-state index in [0.29, 0.717) is 28.8 Å². The fourth-order valence-electron chi connectivity index (χ4n) is 2.22. The predicted molar refractivity (Wildman–Crippen MR) is 95.5 cm³/mol. The van der Waals surface area contributed by atoms with Crippen molar-refractivity contribution >= 4 is 35.6 Å². The Hall–Kier alpha value is -1.45. The molecule has 2 N–H and O–H groups in total. The molecule has 1 aromatic rings. The van der Waals surface area contributed by atoms with Gasteiger partial charge < -0.3 is 9.57 Å². The first kappa shape index (κ1) is 19.9. The summed E-state index contributed by atoms with van der Waals surface area (Å²) in [6.45, 7) is 0.614. The molecule has 9 heteroatoms. The summed E-state index contributed by atoms with van der Waals surface area (Å²) in [6, 6.07) is 5.35. The van der Waals surface area contributed by atoms with Crippen LogP contribution in [-0.2, 0) is 13.9 Å². The number of nitrogens with one attached hydrogen (secondary N) is 1. The van der Waals surface area contributed by atoms with Crippen LogP contribution in [0.4, 0.5) is 0 Å².